The van der Waals surface area contributed by atoms with Crippen molar-refractivity contribution in [1.29, 1.82) is 0 Å². The summed E-state index contributed by atoms with van der Waals surface area (Å²) in [7, 11) is 2.98. The van der Waals surface area contributed by atoms with Crippen molar-refractivity contribution >= 4 is 34.0 Å². The molecule has 0 bridgehead atoms. The molecule has 0 aliphatic heterocycles. The molecule has 9 heteroatoms. The van der Waals surface area contributed by atoms with E-state index in [0.29, 0.717) is 35.0 Å². The number of hydrazone groups is 1. The number of nitrogens with one attached hydrogen (secondary N) is 2. The number of rotatable bonds is 10. The standard InChI is InChI=1S/C21H22BrN3O5/c1-4-9-30-17-8-6-16(22)10-15(17)12-24-25-20(26)13-23-21(27)14-5-7-18(28-2)19(11-14)29-3/h4-8,10-12H,1,9,13H2,2-3H3,(H,23,27)(H,25,26)/b24-12-. The quantitative estimate of drug-likeness (QED) is 0.312. The second-order valence-electron chi connectivity index (χ2n) is 5.83. The number of halogens is 1. The van der Waals surface area contributed by atoms with Crippen LogP contribution in [0.2, 0.25) is 0 Å². The minimum Gasteiger partial charge on any atom is -0.493 e. The van der Waals surface area contributed by atoms with Gasteiger partial charge in [0.05, 0.1) is 27.0 Å². The lowest BCUT2D eigenvalue weighted by Crippen LogP contribution is -2.34. The molecular formula is C21H22BrN3O5. The molecule has 2 N–H and O–H groups in total. The van der Waals surface area contributed by atoms with Gasteiger partial charge in [0.2, 0.25) is 0 Å². The molecule has 0 radical (unpaired) electrons. The fraction of sp³-hybridized carbons (Fsp3) is 0.190. The van der Waals surface area contributed by atoms with E-state index in [1.807, 2.05) is 6.07 Å². The SMILES string of the molecule is C=CCOc1ccc(Br)cc1/C=N\NC(=O)CNC(=O)c1ccc(OC)c(OC)c1. The van der Waals surface area contributed by atoms with E-state index in [1.165, 1.54) is 26.5 Å². The van der Waals surface area contributed by atoms with Gasteiger partial charge >= 0.3 is 0 Å². The van der Waals surface area contributed by atoms with Crippen molar-refractivity contribution in [1.82, 2.24) is 10.7 Å². The highest BCUT2D eigenvalue weighted by Gasteiger charge is 2.12. The molecule has 0 aliphatic rings. The number of carbonyl (C=O) groups is 2. The summed E-state index contributed by atoms with van der Waals surface area (Å²) >= 11 is 3.38. The number of methoxy groups -OCH3 is 2. The van der Waals surface area contributed by atoms with E-state index >= 15 is 0 Å². The van der Waals surface area contributed by atoms with Crippen LogP contribution in [0.5, 0.6) is 17.2 Å². The molecule has 0 atom stereocenters. The third-order valence-electron chi connectivity index (χ3n) is 3.78. The first-order valence-corrected chi connectivity index (χ1v) is 9.63. The number of hydrogen-bond acceptors (Lipinski definition) is 6. The second kappa shape index (κ2) is 11.6. The van der Waals surface area contributed by atoms with Crippen LogP contribution in [0.3, 0.4) is 0 Å². The van der Waals surface area contributed by atoms with Gasteiger partial charge in [-0.05, 0) is 36.4 Å². The largest absolute Gasteiger partial charge is 0.493 e. The number of ether oxygens (including phenoxy) is 3. The van der Waals surface area contributed by atoms with Crippen molar-refractivity contribution in [3.63, 3.8) is 0 Å². The monoisotopic (exact) mass is 475 g/mol. The Morgan fingerprint density at radius 2 is 1.83 bits per heavy atom. The minimum atomic E-state index is -0.483. The Morgan fingerprint density at radius 3 is 2.53 bits per heavy atom. The van der Waals surface area contributed by atoms with E-state index in [0.717, 1.165) is 4.47 Å². The molecule has 0 saturated heterocycles. The van der Waals surface area contributed by atoms with E-state index in [9.17, 15) is 9.59 Å². The summed E-state index contributed by atoms with van der Waals surface area (Å²) in [4.78, 5) is 24.2. The molecule has 2 amide bonds. The van der Waals surface area contributed by atoms with Gasteiger partial charge in [-0.3, -0.25) is 9.59 Å². The van der Waals surface area contributed by atoms with Gasteiger partial charge in [-0.1, -0.05) is 28.6 Å². The molecule has 30 heavy (non-hydrogen) atoms. The van der Waals surface area contributed by atoms with Gasteiger partial charge in [-0.15, -0.1) is 0 Å². The molecule has 0 fully saturated rings. The van der Waals surface area contributed by atoms with Crippen LogP contribution in [-0.4, -0.2) is 45.4 Å². The average Bonchev–Trinajstić information content (AvgIpc) is 2.76. The van der Waals surface area contributed by atoms with Crippen LogP contribution in [0.1, 0.15) is 15.9 Å². The van der Waals surface area contributed by atoms with E-state index in [4.69, 9.17) is 14.2 Å². The van der Waals surface area contributed by atoms with Crippen LogP contribution in [0.4, 0.5) is 0 Å². The first-order chi connectivity index (χ1) is 14.5. The van der Waals surface area contributed by atoms with Crippen molar-refractivity contribution in [3.8, 4) is 17.2 Å². The van der Waals surface area contributed by atoms with Crippen molar-refractivity contribution in [2.45, 2.75) is 0 Å². The normalized spacial score (nSPS) is 10.4. The molecular weight excluding hydrogens is 454 g/mol. The molecule has 158 valence electrons. The number of benzene rings is 2. The maximum absolute atomic E-state index is 12.2. The predicted octanol–water partition coefficient (Wildman–Crippen LogP) is 2.91. The number of carbonyl (C=O) groups excluding carboxylic acids is 2. The smallest absolute Gasteiger partial charge is 0.259 e. The highest BCUT2D eigenvalue weighted by Crippen LogP contribution is 2.27. The summed E-state index contributed by atoms with van der Waals surface area (Å²) in [5, 5.41) is 6.43. The third-order valence-corrected chi connectivity index (χ3v) is 4.27. The minimum absolute atomic E-state index is 0.247. The van der Waals surface area contributed by atoms with Gasteiger partial charge in [0.1, 0.15) is 12.4 Å². The number of nitrogens with zero attached hydrogens (tertiary/aromatic N) is 1. The lowest BCUT2D eigenvalue weighted by Gasteiger charge is -2.10. The van der Waals surface area contributed by atoms with Gasteiger partial charge in [0, 0.05) is 15.6 Å². The topological polar surface area (TPSA) is 98.2 Å². The second-order valence-corrected chi connectivity index (χ2v) is 6.74. The Bertz CT molecular complexity index is 946. The molecule has 0 aliphatic carbocycles. The molecule has 2 aromatic carbocycles. The highest BCUT2D eigenvalue weighted by atomic mass is 79.9. The third kappa shape index (κ3) is 6.63. The van der Waals surface area contributed by atoms with E-state index < -0.39 is 11.8 Å². The van der Waals surface area contributed by atoms with Gasteiger partial charge in [0.25, 0.3) is 11.8 Å². The summed E-state index contributed by atoms with van der Waals surface area (Å²) in [5.41, 5.74) is 3.36. The first-order valence-electron chi connectivity index (χ1n) is 8.83. The van der Waals surface area contributed by atoms with Gasteiger partial charge in [0.15, 0.2) is 11.5 Å². The first kappa shape index (κ1) is 23.0. The zero-order valence-electron chi connectivity index (χ0n) is 16.6. The van der Waals surface area contributed by atoms with Crippen LogP contribution in [0.15, 0.2) is 58.6 Å². The Kier molecular flexibility index (Phi) is 8.89. The molecule has 0 heterocycles. The van der Waals surface area contributed by atoms with Crippen LogP contribution in [0.25, 0.3) is 0 Å². The van der Waals surface area contributed by atoms with E-state index in [1.54, 1.807) is 30.3 Å². The molecule has 2 aromatic rings. The fourth-order valence-corrected chi connectivity index (χ4v) is 2.73. The molecule has 0 unspecified atom stereocenters. The Labute approximate surface area is 183 Å². The molecule has 2 rings (SSSR count). The zero-order valence-corrected chi connectivity index (χ0v) is 18.2. The summed E-state index contributed by atoms with van der Waals surface area (Å²) in [6.07, 6.45) is 3.09. The maximum Gasteiger partial charge on any atom is 0.259 e. The Hall–Kier alpha value is -3.33. The van der Waals surface area contributed by atoms with Crippen LogP contribution in [0, 0.1) is 0 Å². The molecule has 0 spiro atoms. The van der Waals surface area contributed by atoms with Crippen molar-refractivity contribution < 1.29 is 23.8 Å². The van der Waals surface area contributed by atoms with Crippen LogP contribution >= 0.6 is 15.9 Å². The van der Waals surface area contributed by atoms with Crippen LogP contribution < -0.4 is 25.0 Å². The lowest BCUT2D eigenvalue weighted by atomic mass is 10.2. The van der Waals surface area contributed by atoms with Gasteiger partial charge in [-0.2, -0.15) is 5.10 Å². The molecule has 0 saturated carbocycles. The van der Waals surface area contributed by atoms with Gasteiger partial charge < -0.3 is 19.5 Å². The lowest BCUT2D eigenvalue weighted by molar-refractivity contribution is -0.120. The number of amides is 2. The van der Waals surface area contributed by atoms with E-state index in [2.05, 4.69) is 38.4 Å². The molecule has 0 aromatic heterocycles. The fourth-order valence-electron chi connectivity index (χ4n) is 2.35. The van der Waals surface area contributed by atoms with Crippen molar-refractivity contribution in [2.75, 3.05) is 27.4 Å². The van der Waals surface area contributed by atoms with Crippen molar-refractivity contribution in [3.05, 3.63) is 64.7 Å². The summed E-state index contributed by atoms with van der Waals surface area (Å²) in [6.45, 7) is 3.71. The molecule has 8 nitrogen and oxygen atoms in total. The van der Waals surface area contributed by atoms with Crippen LogP contribution in [-0.2, 0) is 4.79 Å². The summed E-state index contributed by atoms with van der Waals surface area (Å²) in [6, 6.07) is 10.1. The maximum atomic E-state index is 12.2. The zero-order chi connectivity index (χ0) is 21.9. The van der Waals surface area contributed by atoms with Crippen molar-refractivity contribution in [2.24, 2.45) is 5.10 Å². The predicted molar refractivity (Wildman–Crippen MR) is 117 cm³/mol. The van der Waals surface area contributed by atoms with E-state index in [-0.39, 0.29) is 6.54 Å². The Morgan fingerprint density at radius 1 is 1.10 bits per heavy atom. The average molecular weight is 476 g/mol. The number of hydrogen-bond donors (Lipinski definition) is 2. The Balaban J connectivity index is 1.91. The summed E-state index contributed by atoms with van der Waals surface area (Å²) < 4.78 is 16.7. The van der Waals surface area contributed by atoms with Gasteiger partial charge in [-0.25, -0.2) is 5.43 Å². The summed E-state index contributed by atoms with van der Waals surface area (Å²) in [5.74, 6) is 0.608. The highest BCUT2D eigenvalue weighted by molar-refractivity contribution is 9.10.